The second-order valence-electron chi connectivity index (χ2n) is 4.65. The summed E-state index contributed by atoms with van der Waals surface area (Å²) in [5, 5.41) is 15.5. The molecule has 20 heavy (non-hydrogen) atoms. The minimum Gasteiger partial charge on any atom is -0.382 e. The fourth-order valence-corrected chi connectivity index (χ4v) is 2.14. The van der Waals surface area contributed by atoms with Gasteiger partial charge in [-0.3, -0.25) is 4.79 Å². The zero-order chi connectivity index (χ0) is 14.8. The fourth-order valence-electron chi connectivity index (χ4n) is 2.01. The zero-order valence-corrected chi connectivity index (χ0v) is 11.7. The van der Waals surface area contributed by atoms with Crippen LogP contribution in [0.2, 0.25) is 5.02 Å². The smallest absolute Gasteiger partial charge is 0.223 e. The maximum atomic E-state index is 11.5. The normalized spacial score (nSPS) is 15.6. The van der Waals surface area contributed by atoms with E-state index in [-0.39, 0.29) is 6.54 Å². The summed E-state index contributed by atoms with van der Waals surface area (Å²) in [6.07, 6.45) is 2.83. The molecule has 2 aromatic rings. The number of aliphatic hydroxyl groups is 1. The van der Waals surface area contributed by atoms with Crippen LogP contribution in [-0.4, -0.2) is 25.8 Å². The van der Waals surface area contributed by atoms with Gasteiger partial charge in [0.1, 0.15) is 18.3 Å². The second kappa shape index (κ2) is 5.60. The van der Waals surface area contributed by atoms with Crippen molar-refractivity contribution in [1.29, 1.82) is 0 Å². The molecule has 2 rings (SSSR count). The molecule has 0 saturated heterocycles. The quantitative estimate of drug-likeness (QED) is 0.858. The fraction of sp³-hybridized carbons (Fsp3) is 0.308. The lowest BCUT2D eigenvalue weighted by Crippen LogP contribution is -2.44. The molecule has 0 spiro atoms. The Labute approximate surface area is 121 Å². The number of carbonyl (C=O) groups is 1. The largest absolute Gasteiger partial charge is 0.382 e. The van der Waals surface area contributed by atoms with Crippen LogP contribution in [0.15, 0.2) is 36.9 Å². The molecule has 3 N–H and O–H groups in total. The lowest BCUT2D eigenvalue weighted by molar-refractivity contribution is -0.132. The van der Waals surface area contributed by atoms with Crippen LogP contribution >= 0.6 is 11.6 Å². The molecule has 1 amide bonds. The summed E-state index contributed by atoms with van der Waals surface area (Å²) in [6, 6.07) is 6.63. The van der Waals surface area contributed by atoms with Crippen molar-refractivity contribution in [1.82, 2.24) is 14.8 Å². The second-order valence-corrected chi connectivity index (χ2v) is 5.08. The molecular formula is C13H15ClN4O2. The van der Waals surface area contributed by atoms with Crippen LogP contribution < -0.4 is 5.73 Å². The van der Waals surface area contributed by atoms with E-state index in [1.807, 2.05) is 0 Å². The highest BCUT2D eigenvalue weighted by Gasteiger charge is 2.39. The number of rotatable bonds is 5. The number of benzene rings is 1. The van der Waals surface area contributed by atoms with E-state index in [1.54, 1.807) is 31.2 Å². The lowest BCUT2D eigenvalue weighted by Gasteiger charge is -2.32. The standard InChI is InChI=1S/C13H15ClN4O2/c1-9(12(15)19)13(20,6-18-8-16-7-17-18)10-2-4-11(14)5-3-10/h2-5,7-9,20H,6H2,1H3,(H2,15,19). The average Bonchev–Trinajstić information content (AvgIpc) is 2.91. The van der Waals surface area contributed by atoms with Gasteiger partial charge >= 0.3 is 0 Å². The molecule has 2 atom stereocenters. The highest BCUT2D eigenvalue weighted by atomic mass is 35.5. The first-order chi connectivity index (χ1) is 9.43. The van der Waals surface area contributed by atoms with Gasteiger partial charge < -0.3 is 10.8 Å². The topological polar surface area (TPSA) is 94.0 Å². The van der Waals surface area contributed by atoms with Gasteiger partial charge in [-0.2, -0.15) is 5.10 Å². The highest BCUT2D eigenvalue weighted by Crippen LogP contribution is 2.32. The van der Waals surface area contributed by atoms with Gasteiger partial charge in [-0.15, -0.1) is 0 Å². The number of carbonyl (C=O) groups excluding carboxylic acids is 1. The molecule has 0 aliphatic rings. The highest BCUT2D eigenvalue weighted by molar-refractivity contribution is 6.30. The monoisotopic (exact) mass is 294 g/mol. The number of hydrogen-bond donors (Lipinski definition) is 2. The van der Waals surface area contributed by atoms with Crippen LogP contribution in [0.3, 0.4) is 0 Å². The van der Waals surface area contributed by atoms with Gasteiger partial charge in [0.2, 0.25) is 5.91 Å². The number of aromatic nitrogens is 3. The molecule has 1 aromatic heterocycles. The van der Waals surface area contributed by atoms with Crippen LogP contribution in [0.25, 0.3) is 0 Å². The Kier molecular flexibility index (Phi) is 4.06. The van der Waals surface area contributed by atoms with Crippen molar-refractivity contribution < 1.29 is 9.90 Å². The van der Waals surface area contributed by atoms with Crippen molar-refractivity contribution in [3.63, 3.8) is 0 Å². The number of nitrogens with zero attached hydrogens (tertiary/aromatic N) is 3. The van der Waals surface area contributed by atoms with Crippen molar-refractivity contribution >= 4 is 17.5 Å². The van der Waals surface area contributed by atoms with E-state index >= 15 is 0 Å². The van der Waals surface area contributed by atoms with Gasteiger partial charge in [0.05, 0.1) is 12.5 Å². The summed E-state index contributed by atoms with van der Waals surface area (Å²) in [7, 11) is 0. The molecule has 0 fully saturated rings. The molecule has 0 saturated carbocycles. The lowest BCUT2D eigenvalue weighted by atomic mass is 9.81. The van der Waals surface area contributed by atoms with Crippen LogP contribution in [0.1, 0.15) is 12.5 Å². The molecular weight excluding hydrogens is 280 g/mol. The molecule has 0 bridgehead atoms. The first-order valence-corrected chi connectivity index (χ1v) is 6.41. The Morgan fingerprint density at radius 3 is 2.65 bits per heavy atom. The summed E-state index contributed by atoms with van der Waals surface area (Å²) in [4.78, 5) is 15.3. The predicted octanol–water partition coefficient (Wildman–Crippen LogP) is 0.941. The van der Waals surface area contributed by atoms with Crippen molar-refractivity contribution in [3.05, 3.63) is 47.5 Å². The van der Waals surface area contributed by atoms with E-state index in [1.165, 1.54) is 17.3 Å². The Bertz CT molecular complexity index is 585. The third-order valence-electron chi connectivity index (χ3n) is 3.36. The Morgan fingerprint density at radius 2 is 2.15 bits per heavy atom. The Balaban J connectivity index is 2.42. The van der Waals surface area contributed by atoms with Gasteiger partial charge in [0.25, 0.3) is 0 Å². The molecule has 7 heteroatoms. The molecule has 0 aliphatic carbocycles. The van der Waals surface area contributed by atoms with Crippen molar-refractivity contribution in [3.8, 4) is 0 Å². The summed E-state index contributed by atoms with van der Waals surface area (Å²) >= 11 is 5.85. The zero-order valence-electron chi connectivity index (χ0n) is 10.9. The van der Waals surface area contributed by atoms with E-state index in [0.717, 1.165) is 0 Å². The Hall–Kier alpha value is -1.92. The minimum absolute atomic E-state index is 0.0682. The van der Waals surface area contributed by atoms with E-state index in [4.69, 9.17) is 17.3 Å². The number of amides is 1. The third kappa shape index (κ3) is 2.81. The molecule has 6 nitrogen and oxygen atoms in total. The number of halogens is 1. The van der Waals surface area contributed by atoms with Crippen LogP contribution in [0.5, 0.6) is 0 Å². The van der Waals surface area contributed by atoms with Gasteiger partial charge in [-0.05, 0) is 17.7 Å². The number of hydrogen-bond acceptors (Lipinski definition) is 4. The van der Waals surface area contributed by atoms with Crippen LogP contribution in [0, 0.1) is 5.92 Å². The molecule has 2 unspecified atom stereocenters. The maximum absolute atomic E-state index is 11.5. The van der Waals surface area contributed by atoms with Crippen molar-refractivity contribution in [2.75, 3.05) is 0 Å². The summed E-state index contributed by atoms with van der Waals surface area (Å²) in [5.41, 5.74) is 4.41. The third-order valence-corrected chi connectivity index (χ3v) is 3.61. The summed E-state index contributed by atoms with van der Waals surface area (Å²) in [6.45, 7) is 1.65. The first kappa shape index (κ1) is 14.5. The van der Waals surface area contributed by atoms with Gasteiger partial charge in [0.15, 0.2) is 0 Å². The number of nitrogens with two attached hydrogens (primary N) is 1. The van der Waals surface area contributed by atoms with E-state index in [0.29, 0.717) is 10.6 Å². The molecule has 0 radical (unpaired) electrons. The first-order valence-electron chi connectivity index (χ1n) is 6.03. The molecule has 1 heterocycles. The minimum atomic E-state index is -1.48. The van der Waals surface area contributed by atoms with E-state index in [2.05, 4.69) is 10.1 Å². The average molecular weight is 295 g/mol. The van der Waals surface area contributed by atoms with Gasteiger partial charge in [0, 0.05) is 5.02 Å². The van der Waals surface area contributed by atoms with Crippen LogP contribution in [-0.2, 0) is 16.9 Å². The van der Waals surface area contributed by atoms with Gasteiger partial charge in [-0.1, -0.05) is 30.7 Å². The van der Waals surface area contributed by atoms with Crippen molar-refractivity contribution in [2.24, 2.45) is 11.7 Å². The Morgan fingerprint density at radius 1 is 1.50 bits per heavy atom. The molecule has 0 aliphatic heterocycles. The van der Waals surface area contributed by atoms with Crippen molar-refractivity contribution in [2.45, 2.75) is 19.1 Å². The maximum Gasteiger partial charge on any atom is 0.223 e. The van der Waals surface area contributed by atoms with Gasteiger partial charge in [-0.25, -0.2) is 9.67 Å². The predicted molar refractivity (Wildman–Crippen MR) is 73.7 cm³/mol. The summed E-state index contributed by atoms with van der Waals surface area (Å²) in [5.74, 6) is -1.39. The number of primary amides is 1. The van der Waals surface area contributed by atoms with E-state index < -0.39 is 17.4 Å². The van der Waals surface area contributed by atoms with E-state index in [9.17, 15) is 9.90 Å². The SMILES string of the molecule is CC(C(N)=O)C(O)(Cn1cncn1)c1ccc(Cl)cc1. The molecule has 106 valence electrons. The summed E-state index contributed by atoms with van der Waals surface area (Å²) < 4.78 is 1.45. The van der Waals surface area contributed by atoms with Crippen LogP contribution in [0.4, 0.5) is 0 Å². The molecule has 1 aromatic carbocycles.